The smallest absolute Gasteiger partial charge is 0.0811 e. The van der Waals surface area contributed by atoms with Crippen LogP contribution < -0.4 is 21.9 Å². The first-order valence-corrected chi connectivity index (χ1v) is 10.8. The fraction of sp³-hybridized carbons (Fsp3) is 0.609. The van der Waals surface area contributed by atoms with E-state index in [1.165, 1.54) is 69.0 Å². The quantitative estimate of drug-likeness (QED) is 0.104. The van der Waals surface area contributed by atoms with Crippen LogP contribution >= 0.6 is 0 Å². The Morgan fingerprint density at radius 2 is 1.57 bits per heavy atom. The molecule has 1 aromatic carbocycles. The highest BCUT2D eigenvalue weighted by Crippen LogP contribution is 2.15. The Morgan fingerprint density at radius 1 is 0.964 bits per heavy atom. The monoisotopic (exact) mass is 389 g/mol. The lowest BCUT2D eigenvalue weighted by Crippen LogP contribution is -2.36. The van der Waals surface area contributed by atoms with Gasteiger partial charge in [-0.3, -0.25) is 5.01 Å². The highest BCUT2D eigenvalue weighted by molar-refractivity contribution is 5.45. The van der Waals surface area contributed by atoms with Gasteiger partial charge in [0.05, 0.1) is 12.4 Å². The Kier molecular flexibility index (Phi) is 17.3. The van der Waals surface area contributed by atoms with Crippen molar-refractivity contribution >= 4 is 12.4 Å². The summed E-state index contributed by atoms with van der Waals surface area (Å²) in [4.78, 5) is 0. The predicted molar refractivity (Wildman–Crippen MR) is 125 cm³/mol. The number of unbranched alkanes of at least 4 members (excludes halogenated alkanes) is 7. The predicted octanol–water partition coefficient (Wildman–Crippen LogP) is 5.12. The Morgan fingerprint density at radius 3 is 2.21 bits per heavy atom. The SMILES string of the molecule is C=C(CCCCCCc1ccc(N(N)CN)cc1)NCCCCCCC.C=N. The molecule has 0 spiro atoms. The number of rotatable bonds is 16. The summed E-state index contributed by atoms with van der Waals surface area (Å²) in [5, 5.41) is 10.5. The number of nitrogens with two attached hydrogens (primary N) is 2. The summed E-state index contributed by atoms with van der Waals surface area (Å²) in [6.07, 6.45) is 13.9. The van der Waals surface area contributed by atoms with E-state index in [0.29, 0.717) is 6.67 Å². The Hall–Kier alpha value is -1.85. The van der Waals surface area contributed by atoms with Crippen LogP contribution in [0.1, 0.15) is 76.7 Å². The molecule has 1 aromatic rings. The molecule has 0 bridgehead atoms. The molecule has 0 saturated carbocycles. The lowest BCUT2D eigenvalue weighted by Gasteiger charge is -2.16. The number of hydrogen-bond donors (Lipinski definition) is 4. The zero-order chi connectivity index (χ0) is 21.0. The molecule has 0 fully saturated rings. The molecule has 0 atom stereocenters. The number of aryl methyl sites for hydroxylation is 1. The highest BCUT2D eigenvalue weighted by Gasteiger charge is 2.00. The standard InChI is InChI=1S/C22H40N4.CH3N/c1-3-4-5-8-11-18-25-20(2)12-9-6-7-10-13-21-14-16-22(17-15-21)26(24)19-23;1-2/h14-17,25H,2-13,18-19,23-24H2,1H3;2H,1H2. The zero-order valence-corrected chi connectivity index (χ0v) is 18.0. The number of nitrogens with one attached hydrogen (secondary N) is 2. The van der Waals surface area contributed by atoms with E-state index in [4.69, 9.17) is 17.0 Å². The van der Waals surface area contributed by atoms with Crippen LogP contribution in [0.25, 0.3) is 0 Å². The van der Waals surface area contributed by atoms with Gasteiger partial charge in [-0.25, -0.2) is 5.84 Å². The minimum atomic E-state index is 0.332. The molecule has 0 aromatic heterocycles. The number of hydrazine groups is 1. The molecule has 28 heavy (non-hydrogen) atoms. The molecule has 0 saturated heterocycles. The minimum Gasteiger partial charge on any atom is -0.389 e. The lowest BCUT2D eigenvalue weighted by atomic mass is 10.0. The number of anilines is 1. The number of benzene rings is 1. The number of hydrogen-bond acceptors (Lipinski definition) is 5. The van der Waals surface area contributed by atoms with Gasteiger partial charge in [-0.15, -0.1) is 0 Å². The van der Waals surface area contributed by atoms with Gasteiger partial charge in [-0.2, -0.15) is 0 Å². The van der Waals surface area contributed by atoms with Gasteiger partial charge in [0.1, 0.15) is 0 Å². The Balaban J connectivity index is 0.00000352. The third-order valence-corrected chi connectivity index (χ3v) is 4.81. The van der Waals surface area contributed by atoms with Crippen LogP contribution in [0.5, 0.6) is 0 Å². The first-order valence-electron chi connectivity index (χ1n) is 10.8. The van der Waals surface area contributed by atoms with Crippen LogP contribution in [0.2, 0.25) is 0 Å². The van der Waals surface area contributed by atoms with Crippen molar-refractivity contribution in [3.63, 3.8) is 0 Å². The molecule has 0 heterocycles. The second-order valence-corrected chi connectivity index (χ2v) is 7.18. The molecule has 5 heteroatoms. The van der Waals surface area contributed by atoms with Crippen molar-refractivity contribution in [3.05, 3.63) is 42.1 Å². The van der Waals surface area contributed by atoms with E-state index in [-0.39, 0.29) is 0 Å². The molecular formula is C23H43N5. The average molecular weight is 390 g/mol. The molecular weight excluding hydrogens is 346 g/mol. The van der Waals surface area contributed by atoms with Crippen molar-refractivity contribution in [1.82, 2.24) is 5.32 Å². The molecule has 0 radical (unpaired) electrons. The highest BCUT2D eigenvalue weighted by atomic mass is 15.4. The van der Waals surface area contributed by atoms with Crippen LogP contribution in [0.15, 0.2) is 36.5 Å². The second kappa shape index (κ2) is 18.5. The first-order chi connectivity index (χ1) is 13.7. The van der Waals surface area contributed by atoms with Crippen LogP contribution in [-0.2, 0) is 6.42 Å². The summed E-state index contributed by atoms with van der Waals surface area (Å²) in [7, 11) is 0. The summed E-state index contributed by atoms with van der Waals surface area (Å²) in [5.74, 6) is 5.78. The van der Waals surface area contributed by atoms with Gasteiger partial charge >= 0.3 is 0 Å². The van der Waals surface area contributed by atoms with Gasteiger partial charge in [0.2, 0.25) is 0 Å². The van der Waals surface area contributed by atoms with E-state index >= 15 is 0 Å². The summed E-state index contributed by atoms with van der Waals surface area (Å²) in [5.41, 5.74) is 9.08. The summed E-state index contributed by atoms with van der Waals surface area (Å²) >= 11 is 0. The molecule has 0 amide bonds. The maximum atomic E-state index is 5.78. The molecule has 0 unspecified atom stereocenters. The van der Waals surface area contributed by atoms with Gasteiger partial charge in [-0.05, 0) is 56.5 Å². The third kappa shape index (κ3) is 13.3. The van der Waals surface area contributed by atoms with Crippen LogP contribution in [0.4, 0.5) is 5.69 Å². The first kappa shape index (κ1) is 26.1. The zero-order valence-electron chi connectivity index (χ0n) is 18.0. The van der Waals surface area contributed by atoms with E-state index in [1.54, 1.807) is 5.01 Å². The molecule has 0 aliphatic rings. The van der Waals surface area contributed by atoms with Gasteiger partial charge in [0, 0.05) is 12.2 Å². The Labute approximate surface area is 173 Å². The van der Waals surface area contributed by atoms with E-state index in [2.05, 4.69) is 37.7 Å². The van der Waals surface area contributed by atoms with Crippen molar-refractivity contribution in [3.8, 4) is 0 Å². The molecule has 1 rings (SSSR count). The van der Waals surface area contributed by atoms with Crippen LogP contribution in [-0.4, -0.2) is 19.9 Å². The van der Waals surface area contributed by atoms with Gasteiger partial charge < -0.3 is 16.5 Å². The maximum absolute atomic E-state index is 5.78. The largest absolute Gasteiger partial charge is 0.389 e. The van der Waals surface area contributed by atoms with E-state index < -0.39 is 0 Å². The second-order valence-electron chi connectivity index (χ2n) is 7.18. The van der Waals surface area contributed by atoms with Crippen LogP contribution in [0.3, 0.4) is 0 Å². The fourth-order valence-electron chi connectivity index (χ4n) is 3.06. The normalized spacial score (nSPS) is 10.1. The van der Waals surface area contributed by atoms with Crippen LogP contribution in [0, 0.1) is 5.41 Å². The maximum Gasteiger partial charge on any atom is 0.0811 e. The Bertz CT molecular complexity index is 486. The van der Waals surface area contributed by atoms with E-state index in [9.17, 15) is 0 Å². The fourth-order valence-corrected chi connectivity index (χ4v) is 3.06. The summed E-state index contributed by atoms with van der Waals surface area (Å²) in [6.45, 7) is 10.3. The van der Waals surface area contributed by atoms with Gasteiger partial charge in [-0.1, -0.05) is 64.2 Å². The van der Waals surface area contributed by atoms with Gasteiger partial charge in [0.25, 0.3) is 0 Å². The van der Waals surface area contributed by atoms with Crippen molar-refractivity contribution in [2.45, 2.75) is 77.6 Å². The van der Waals surface area contributed by atoms with Crippen molar-refractivity contribution in [2.75, 3.05) is 18.2 Å². The molecule has 5 nitrogen and oxygen atoms in total. The number of allylic oxidation sites excluding steroid dienone is 1. The molecule has 0 aliphatic carbocycles. The van der Waals surface area contributed by atoms with Crippen molar-refractivity contribution in [1.29, 1.82) is 5.41 Å². The van der Waals surface area contributed by atoms with E-state index in [0.717, 1.165) is 25.1 Å². The minimum absolute atomic E-state index is 0.332. The topological polar surface area (TPSA) is 91.2 Å². The number of nitrogens with zero attached hydrogens (tertiary/aromatic N) is 1. The molecule has 0 aliphatic heterocycles. The van der Waals surface area contributed by atoms with Crippen molar-refractivity contribution < 1.29 is 0 Å². The van der Waals surface area contributed by atoms with E-state index in [1.807, 2.05) is 12.1 Å². The lowest BCUT2D eigenvalue weighted by molar-refractivity contribution is 0.589. The third-order valence-electron chi connectivity index (χ3n) is 4.81. The molecule has 6 N–H and O–H groups in total. The average Bonchev–Trinajstić information content (AvgIpc) is 2.74. The summed E-state index contributed by atoms with van der Waals surface area (Å²) in [6, 6.07) is 8.38. The van der Waals surface area contributed by atoms with Crippen molar-refractivity contribution in [2.24, 2.45) is 11.6 Å². The molecule has 160 valence electrons. The van der Waals surface area contributed by atoms with Gasteiger partial charge in [0.15, 0.2) is 0 Å². The summed E-state index contributed by atoms with van der Waals surface area (Å²) < 4.78 is 0.